The predicted octanol–water partition coefficient (Wildman–Crippen LogP) is 1.86. The van der Waals surface area contributed by atoms with Crippen LogP contribution in [0.4, 0.5) is 0 Å². The molecule has 0 bridgehead atoms. The van der Waals surface area contributed by atoms with Crippen molar-refractivity contribution in [3.05, 3.63) is 29.3 Å². The lowest BCUT2D eigenvalue weighted by Gasteiger charge is -2.07. The Morgan fingerprint density at radius 3 is 2.62 bits per heavy atom. The average molecular weight is 244 g/mol. The van der Waals surface area contributed by atoms with E-state index in [-0.39, 0.29) is 10.7 Å². The predicted molar refractivity (Wildman–Crippen MR) is 58.5 cm³/mol. The van der Waals surface area contributed by atoms with Crippen LogP contribution in [0.15, 0.2) is 23.4 Å². The maximum absolute atomic E-state index is 11.4. The fraction of sp³-hybridized carbons (Fsp3) is 0.200. The highest BCUT2D eigenvalue weighted by molar-refractivity contribution is 6.69. The summed E-state index contributed by atoms with van der Waals surface area (Å²) in [7, 11) is 2.69. The van der Waals surface area contributed by atoms with Crippen molar-refractivity contribution >= 4 is 22.7 Å². The minimum absolute atomic E-state index is 0.118. The summed E-state index contributed by atoms with van der Waals surface area (Å²) in [6.45, 7) is 0. The summed E-state index contributed by atoms with van der Waals surface area (Å²) in [5.74, 6) is -0.195. The molecule has 0 spiro atoms. The lowest BCUT2D eigenvalue weighted by Crippen LogP contribution is -2.06. The average Bonchev–Trinajstić information content (AvgIpc) is 2.35. The molecule has 1 aromatic carbocycles. The summed E-state index contributed by atoms with van der Waals surface area (Å²) in [5, 5.41) is 11.2. The number of hydrogen-bond donors (Lipinski definition) is 1. The quantitative estimate of drug-likeness (QED) is 0.381. The van der Waals surface area contributed by atoms with Crippen LogP contribution in [0.3, 0.4) is 0 Å². The van der Waals surface area contributed by atoms with E-state index in [4.69, 9.17) is 21.5 Å². The molecule has 86 valence electrons. The first-order valence-corrected chi connectivity index (χ1v) is 4.66. The van der Waals surface area contributed by atoms with Gasteiger partial charge in [-0.25, -0.2) is 4.79 Å². The number of carbonyl (C=O) groups is 1. The van der Waals surface area contributed by atoms with Gasteiger partial charge in [0.2, 0.25) is 0 Å². The van der Waals surface area contributed by atoms with E-state index in [0.717, 1.165) is 0 Å². The first kappa shape index (κ1) is 12.3. The molecule has 0 radical (unpaired) electrons. The number of ether oxygens (including phenoxy) is 2. The van der Waals surface area contributed by atoms with Gasteiger partial charge in [0.1, 0.15) is 11.3 Å². The molecule has 0 unspecified atom stereocenters. The number of halogens is 1. The molecule has 0 atom stereocenters. The second-order valence-corrected chi connectivity index (χ2v) is 3.16. The number of carbonyl (C=O) groups excluding carboxylic acids is 1. The lowest BCUT2D eigenvalue weighted by atomic mass is 10.1. The Kier molecular flexibility index (Phi) is 4.13. The molecule has 0 aliphatic carbocycles. The summed E-state index contributed by atoms with van der Waals surface area (Å²) in [5.41, 5.74) is 0.606. The van der Waals surface area contributed by atoms with Gasteiger partial charge in [-0.05, 0) is 18.2 Å². The van der Waals surface area contributed by atoms with Gasteiger partial charge in [0.05, 0.1) is 14.2 Å². The van der Waals surface area contributed by atoms with Gasteiger partial charge in [-0.2, -0.15) is 0 Å². The zero-order chi connectivity index (χ0) is 12.1. The molecule has 1 N–H and O–H groups in total. The number of rotatable bonds is 3. The van der Waals surface area contributed by atoms with Crippen LogP contribution in [0.2, 0.25) is 0 Å². The number of methoxy groups -OCH3 is 2. The number of oxime groups is 1. The van der Waals surface area contributed by atoms with Crippen molar-refractivity contribution in [2.45, 2.75) is 0 Å². The maximum atomic E-state index is 11.4. The Morgan fingerprint density at radius 2 is 2.12 bits per heavy atom. The molecule has 0 saturated heterocycles. The molecule has 0 aromatic heterocycles. The lowest BCUT2D eigenvalue weighted by molar-refractivity contribution is 0.0597. The SMILES string of the molecule is COC(=O)c1cc(/C(Cl)=N/O)ccc1OC. The van der Waals surface area contributed by atoms with Gasteiger partial charge in [-0.15, -0.1) is 0 Å². The summed E-state index contributed by atoms with van der Waals surface area (Å²) < 4.78 is 9.57. The molecule has 1 rings (SSSR count). The fourth-order valence-corrected chi connectivity index (χ4v) is 1.28. The third kappa shape index (κ3) is 2.43. The van der Waals surface area contributed by atoms with Crippen LogP contribution in [0.25, 0.3) is 0 Å². The van der Waals surface area contributed by atoms with E-state index in [0.29, 0.717) is 11.3 Å². The highest BCUT2D eigenvalue weighted by Gasteiger charge is 2.14. The van der Waals surface area contributed by atoms with Crippen LogP contribution in [0.5, 0.6) is 5.75 Å². The minimum atomic E-state index is -0.555. The molecule has 16 heavy (non-hydrogen) atoms. The molecular formula is C10H10ClNO4. The van der Waals surface area contributed by atoms with E-state index in [9.17, 15) is 4.79 Å². The molecule has 0 aliphatic heterocycles. The number of hydrogen-bond acceptors (Lipinski definition) is 5. The molecular weight excluding hydrogens is 234 g/mol. The van der Waals surface area contributed by atoms with Crippen LogP contribution in [0, 0.1) is 0 Å². The monoisotopic (exact) mass is 243 g/mol. The Balaban J connectivity index is 3.26. The van der Waals surface area contributed by atoms with E-state index in [2.05, 4.69) is 9.89 Å². The van der Waals surface area contributed by atoms with Crippen molar-refractivity contribution in [1.29, 1.82) is 0 Å². The smallest absolute Gasteiger partial charge is 0.341 e. The third-order valence-corrected chi connectivity index (χ3v) is 2.22. The standard InChI is InChI=1S/C10H10ClNO4/c1-15-8-4-3-6(9(11)12-14)5-7(8)10(13)16-2/h3-5,14H,1-2H3/b12-9-. The second-order valence-electron chi connectivity index (χ2n) is 2.80. The molecule has 0 fully saturated rings. The van der Waals surface area contributed by atoms with Crippen molar-refractivity contribution in [3.63, 3.8) is 0 Å². The van der Waals surface area contributed by atoms with Gasteiger partial charge in [0.15, 0.2) is 5.17 Å². The van der Waals surface area contributed by atoms with Crippen LogP contribution in [0.1, 0.15) is 15.9 Å². The molecule has 1 aromatic rings. The molecule has 0 aliphatic rings. The number of benzene rings is 1. The Labute approximate surface area is 97.2 Å². The third-order valence-electron chi connectivity index (χ3n) is 1.93. The van der Waals surface area contributed by atoms with Gasteiger partial charge < -0.3 is 14.7 Å². The van der Waals surface area contributed by atoms with Crippen LogP contribution in [-0.2, 0) is 4.74 Å². The highest BCUT2D eigenvalue weighted by atomic mass is 35.5. The zero-order valence-corrected chi connectivity index (χ0v) is 9.49. The van der Waals surface area contributed by atoms with E-state index >= 15 is 0 Å². The number of esters is 1. The van der Waals surface area contributed by atoms with Gasteiger partial charge in [-0.1, -0.05) is 16.8 Å². The second kappa shape index (κ2) is 5.37. The van der Waals surface area contributed by atoms with E-state index in [1.54, 1.807) is 6.07 Å². The molecule has 0 heterocycles. The fourth-order valence-electron chi connectivity index (χ4n) is 1.16. The van der Waals surface area contributed by atoms with E-state index in [1.807, 2.05) is 0 Å². The summed E-state index contributed by atoms with van der Waals surface area (Å²) in [4.78, 5) is 11.4. The zero-order valence-electron chi connectivity index (χ0n) is 8.73. The molecule has 5 nitrogen and oxygen atoms in total. The maximum Gasteiger partial charge on any atom is 0.341 e. The topological polar surface area (TPSA) is 68.1 Å². The van der Waals surface area contributed by atoms with Crippen LogP contribution >= 0.6 is 11.6 Å². The van der Waals surface area contributed by atoms with Crippen molar-refractivity contribution in [2.75, 3.05) is 14.2 Å². The van der Waals surface area contributed by atoms with E-state index in [1.165, 1.54) is 26.4 Å². The van der Waals surface area contributed by atoms with Crippen molar-refractivity contribution in [2.24, 2.45) is 5.16 Å². The van der Waals surface area contributed by atoms with Crippen LogP contribution < -0.4 is 4.74 Å². The van der Waals surface area contributed by atoms with Crippen molar-refractivity contribution < 1.29 is 19.5 Å². The Hall–Kier alpha value is -1.75. The summed E-state index contributed by atoms with van der Waals surface area (Å²) >= 11 is 5.61. The molecule has 6 heteroatoms. The van der Waals surface area contributed by atoms with E-state index < -0.39 is 5.97 Å². The van der Waals surface area contributed by atoms with Gasteiger partial charge >= 0.3 is 5.97 Å². The van der Waals surface area contributed by atoms with Crippen molar-refractivity contribution in [3.8, 4) is 5.75 Å². The van der Waals surface area contributed by atoms with Gasteiger partial charge in [-0.3, -0.25) is 0 Å². The number of nitrogens with zero attached hydrogens (tertiary/aromatic N) is 1. The summed E-state index contributed by atoms with van der Waals surface area (Å²) in [6, 6.07) is 4.52. The van der Waals surface area contributed by atoms with Crippen LogP contribution in [-0.4, -0.2) is 30.6 Å². The first-order chi connectivity index (χ1) is 7.63. The molecule has 0 amide bonds. The Morgan fingerprint density at radius 1 is 1.44 bits per heavy atom. The normalized spacial score (nSPS) is 11.1. The van der Waals surface area contributed by atoms with Gasteiger partial charge in [0.25, 0.3) is 0 Å². The first-order valence-electron chi connectivity index (χ1n) is 4.28. The largest absolute Gasteiger partial charge is 0.496 e. The van der Waals surface area contributed by atoms with Crippen molar-refractivity contribution in [1.82, 2.24) is 0 Å². The molecule has 0 saturated carbocycles. The van der Waals surface area contributed by atoms with Gasteiger partial charge in [0, 0.05) is 5.56 Å². The highest BCUT2D eigenvalue weighted by Crippen LogP contribution is 2.21. The minimum Gasteiger partial charge on any atom is -0.496 e. The Bertz CT molecular complexity index is 431. The summed E-state index contributed by atoms with van der Waals surface area (Å²) in [6.07, 6.45) is 0.